The van der Waals surface area contributed by atoms with Crippen LogP contribution in [0.3, 0.4) is 0 Å². The Balaban J connectivity index is 3.29. The second kappa shape index (κ2) is 3.90. The van der Waals surface area contributed by atoms with Crippen LogP contribution in [0.4, 0.5) is 0 Å². The average molecular weight is 235 g/mol. The summed E-state index contributed by atoms with van der Waals surface area (Å²) in [6.07, 6.45) is 1.58. The van der Waals surface area contributed by atoms with Gasteiger partial charge in [-0.05, 0) is 16.9 Å². The maximum atomic E-state index is 12.1. The maximum absolute atomic E-state index is 12.1. The summed E-state index contributed by atoms with van der Waals surface area (Å²) in [7, 11) is 0. The van der Waals surface area contributed by atoms with Crippen LogP contribution in [0.5, 0.6) is 0 Å². The van der Waals surface area contributed by atoms with Crippen LogP contribution in [0.25, 0.3) is 0 Å². The Labute approximate surface area is 103 Å². The molecule has 1 atom stereocenters. The smallest absolute Gasteiger partial charge is 0.225 e. The van der Waals surface area contributed by atoms with Crippen LogP contribution < -0.4 is 0 Å². The van der Waals surface area contributed by atoms with Crippen molar-refractivity contribution in [3.8, 4) is 0 Å². The van der Waals surface area contributed by atoms with E-state index in [9.17, 15) is 9.59 Å². The highest BCUT2D eigenvalue weighted by Crippen LogP contribution is 2.36. The van der Waals surface area contributed by atoms with E-state index in [2.05, 4.69) is 0 Å². The maximum Gasteiger partial charge on any atom is 0.225 e. The number of hydrogen-bond acceptors (Lipinski definition) is 3. The molecule has 0 aromatic carbocycles. The van der Waals surface area contributed by atoms with Gasteiger partial charge < -0.3 is 5.41 Å². The molecular formula is C14H21NO2. The van der Waals surface area contributed by atoms with Gasteiger partial charge in [-0.2, -0.15) is 0 Å². The number of hydrogen-bond donors (Lipinski definition) is 1. The zero-order valence-electron chi connectivity index (χ0n) is 11.5. The predicted octanol–water partition coefficient (Wildman–Crippen LogP) is 2.79. The van der Waals surface area contributed by atoms with E-state index in [1.54, 1.807) is 6.08 Å². The third-order valence-corrected chi connectivity index (χ3v) is 3.02. The molecule has 1 aliphatic rings. The van der Waals surface area contributed by atoms with Crippen molar-refractivity contribution in [1.29, 1.82) is 5.41 Å². The lowest BCUT2D eigenvalue weighted by Gasteiger charge is -2.34. The molecule has 0 aromatic rings. The van der Waals surface area contributed by atoms with E-state index >= 15 is 0 Å². The van der Waals surface area contributed by atoms with Crippen molar-refractivity contribution in [1.82, 2.24) is 0 Å². The molecule has 1 rings (SSSR count). The molecule has 0 heterocycles. The summed E-state index contributed by atoms with van der Waals surface area (Å²) in [5.41, 5.74) is -0.0638. The standard InChI is InChI=1S/C14H21NO2/c1-13(2,3)8-7-9(15)10(14(4,5)6)12(17)11(8)16/h7,10,15H,1-6H3. The summed E-state index contributed by atoms with van der Waals surface area (Å²) in [5.74, 6) is -1.47. The zero-order valence-corrected chi connectivity index (χ0v) is 11.5. The lowest BCUT2D eigenvalue weighted by molar-refractivity contribution is -0.138. The number of allylic oxidation sites excluding steroid dienone is 2. The molecule has 0 saturated heterocycles. The highest BCUT2D eigenvalue weighted by Gasteiger charge is 2.44. The van der Waals surface area contributed by atoms with E-state index in [1.165, 1.54) is 0 Å². The van der Waals surface area contributed by atoms with Crippen LogP contribution in [-0.2, 0) is 9.59 Å². The summed E-state index contributed by atoms with van der Waals surface area (Å²) in [4.78, 5) is 24.2. The van der Waals surface area contributed by atoms with Crippen molar-refractivity contribution >= 4 is 17.3 Å². The molecular weight excluding hydrogens is 214 g/mol. The van der Waals surface area contributed by atoms with Gasteiger partial charge in [-0.3, -0.25) is 9.59 Å². The lowest BCUT2D eigenvalue weighted by Crippen LogP contribution is -2.44. The fourth-order valence-electron chi connectivity index (χ4n) is 2.13. The molecule has 3 nitrogen and oxygen atoms in total. The van der Waals surface area contributed by atoms with Crippen molar-refractivity contribution in [2.24, 2.45) is 16.7 Å². The van der Waals surface area contributed by atoms with Gasteiger partial charge in [-0.25, -0.2) is 0 Å². The van der Waals surface area contributed by atoms with Crippen LogP contribution in [-0.4, -0.2) is 17.3 Å². The van der Waals surface area contributed by atoms with Gasteiger partial charge in [-0.15, -0.1) is 0 Å². The Morgan fingerprint density at radius 1 is 1.06 bits per heavy atom. The minimum Gasteiger partial charge on any atom is -0.305 e. The second-order valence-electron chi connectivity index (χ2n) is 6.76. The average Bonchev–Trinajstić information content (AvgIpc) is 2.07. The summed E-state index contributed by atoms with van der Waals surface area (Å²) in [6.45, 7) is 11.3. The largest absolute Gasteiger partial charge is 0.305 e. The summed E-state index contributed by atoms with van der Waals surface area (Å²) in [6, 6.07) is 0. The third-order valence-electron chi connectivity index (χ3n) is 3.02. The van der Waals surface area contributed by atoms with Gasteiger partial charge in [0.05, 0.1) is 5.92 Å². The summed E-state index contributed by atoms with van der Waals surface area (Å²) in [5, 5.41) is 7.98. The second-order valence-corrected chi connectivity index (χ2v) is 6.76. The van der Waals surface area contributed by atoms with Crippen molar-refractivity contribution in [3.05, 3.63) is 11.6 Å². The van der Waals surface area contributed by atoms with Crippen molar-refractivity contribution in [3.63, 3.8) is 0 Å². The first-order valence-corrected chi connectivity index (χ1v) is 5.85. The third kappa shape index (κ3) is 2.54. The van der Waals surface area contributed by atoms with Crippen LogP contribution in [0.2, 0.25) is 0 Å². The van der Waals surface area contributed by atoms with Gasteiger partial charge in [-0.1, -0.05) is 41.5 Å². The van der Waals surface area contributed by atoms with E-state index in [0.29, 0.717) is 5.57 Å². The Bertz CT molecular complexity index is 416. The normalized spacial score (nSPS) is 22.8. The Morgan fingerprint density at radius 2 is 1.53 bits per heavy atom. The lowest BCUT2D eigenvalue weighted by atomic mass is 9.67. The predicted molar refractivity (Wildman–Crippen MR) is 68.2 cm³/mol. The Kier molecular flexibility index (Phi) is 3.17. The first kappa shape index (κ1) is 13.8. The summed E-state index contributed by atoms with van der Waals surface area (Å²) >= 11 is 0. The molecule has 3 heteroatoms. The van der Waals surface area contributed by atoms with E-state index in [4.69, 9.17) is 5.41 Å². The van der Waals surface area contributed by atoms with Gasteiger partial charge in [0.2, 0.25) is 11.6 Å². The van der Waals surface area contributed by atoms with Crippen molar-refractivity contribution in [2.75, 3.05) is 0 Å². The van der Waals surface area contributed by atoms with Gasteiger partial charge >= 0.3 is 0 Å². The molecule has 0 fully saturated rings. The zero-order chi connectivity index (χ0) is 13.6. The first-order chi connectivity index (χ1) is 7.46. The molecule has 94 valence electrons. The first-order valence-electron chi connectivity index (χ1n) is 5.85. The van der Waals surface area contributed by atoms with E-state index in [1.807, 2.05) is 41.5 Å². The molecule has 0 amide bonds. The quantitative estimate of drug-likeness (QED) is 0.656. The summed E-state index contributed by atoms with van der Waals surface area (Å²) < 4.78 is 0. The number of ketones is 2. The van der Waals surface area contributed by atoms with Crippen molar-refractivity contribution in [2.45, 2.75) is 41.5 Å². The topological polar surface area (TPSA) is 58.0 Å². The van der Waals surface area contributed by atoms with E-state index in [-0.39, 0.29) is 16.5 Å². The number of carbonyl (C=O) groups is 2. The van der Waals surface area contributed by atoms with Crippen molar-refractivity contribution < 1.29 is 9.59 Å². The number of Topliss-reactive ketones (excluding diaryl/α,β-unsaturated/α-hetero) is 2. The highest BCUT2D eigenvalue weighted by molar-refractivity contribution is 6.50. The van der Waals surface area contributed by atoms with E-state index in [0.717, 1.165) is 0 Å². The van der Waals surface area contributed by atoms with Gasteiger partial charge in [0.1, 0.15) is 0 Å². The van der Waals surface area contributed by atoms with Gasteiger partial charge in [0.15, 0.2) is 0 Å². The Hall–Kier alpha value is -1.25. The highest BCUT2D eigenvalue weighted by atomic mass is 16.2. The molecule has 0 saturated carbocycles. The SMILES string of the molecule is CC(C)(C)C1=CC(=N)C(C(C)(C)C)C(=O)C1=O. The number of carbonyl (C=O) groups excluding carboxylic acids is 2. The van der Waals surface area contributed by atoms with E-state index < -0.39 is 17.5 Å². The molecule has 0 aliphatic heterocycles. The fourth-order valence-corrected chi connectivity index (χ4v) is 2.13. The molecule has 1 N–H and O–H groups in total. The molecule has 0 aromatic heterocycles. The molecule has 0 spiro atoms. The van der Waals surface area contributed by atoms with Gasteiger partial charge in [0, 0.05) is 11.3 Å². The van der Waals surface area contributed by atoms with Crippen LogP contribution in [0.1, 0.15) is 41.5 Å². The monoisotopic (exact) mass is 235 g/mol. The fraction of sp³-hybridized carbons (Fsp3) is 0.643. The molecule has 0 radical (unpaired) electrons. The minimum absolute atomic E-state index is 0.257. The van der Waals surface area contributed by atoms with Crippen LogP contribution in [0.15, 0.2) is 11.6 Å². The molecule has 0 bridgehead atoms. The molecule has 1 unspecified atom stereocenters. The minimum atomic E-state index is -0.610. The number of rotatable bonds is 0. The molecule has 1 aliphatic carbocycles. The Morgan fingerprint density at radius 3 is 1.88 bits per heavy atom. The molecule has 17 heavy (non-hydrogen) atoms. The van der Waals surface area contributed by atoms with Crippen LogP contribution >= 0.6 is 0 Å². The van der Waals surface area contributed by atoms with Gasteiger partial charge in [0.25, 0.3) is 0 Å². The van der Waals surface area contributed by atoms with Crippen LogP contribution in [0, 0.1) is 22.2 Å². The number of nitrogens with one attached hydrogen (secondary N) is 1.